The highest BCUT2D eigenvalue weighted by atomic mass is 127. The Balaban J connectivity index is 1.67. The molecule has 140 valence electrons. The van der Waals surface area contributed by atoms with Crippen LogP contribution in [0.3, 0.4) is 0 Å². The van der Waals surface area contributed by atoms with Crippen molar-refractivity contribution in [3.05, 3.63) is 82.1 Å². The number of carbonyl (C=O) groups excluding carboxylic acids is 1. The molecule has 0 fully saturated rings. The first-order valence-electron chi connectivity index (χ1n) is 8.22. The van der Waals surface area contributed by atoms with E-state index >= 15 is 0 Å². The lowest BCUT2D eigenvalue weighted by molar-refractivity contribution is 0.0733. The number of hydrogen-bond donors (Lipinski definition) is 2. The number of halogens is 2. The van der Waals surface area contributed by atoms with Crippen molar-refractivity contribution in [3.8, 4) is 5.75 Å². The third-order valence-electron chi connectivity index (χ3n) is 3.89. The van der Waals surface area contributed by atoms with Crippen LogP contribution in [0.5, 0.6) is 5.75 Å². The fourth-order valence-corrected chi connectivity index (χ4v) is 3.04. The zero-order valence-electron chi connectivity index (χ0n) is 14.3. The molecule has 4 rings (SSSR count). The number of benzene rings is 2. The Morgan fingerprint density at radius 3 is 2.75 bits per heavy atom. The van der Waals surface area contributed by atoms with Crippen molar-refractivity contribution in [2.75, 3.05) is 5.32 Å². The number of rotatable bonds is 5. The van der Waals surface area contributed by atoms with E-state index < -0.39 is 11.7 Å². The van der Waals surface area contributed by atoms with Crippen molar-refractivity contribution in [2.45, 2.75) is 0 Å². The number of hydroxylamine groups is 1. The van der Waals surface area contributed by atoms with Gasteiger partial charge in [0.2, 0.25) is 5.76 Å². The zero-order valence-corrected chi connectivity index (χ0v) is 16.4. The lowest BCUT2D eigenvalue weighted by Gasteiger charge is -2.09. The third-order valence-corrected chi connectivity index (χ3v) is 4.56. The van der Waals surface area contributed by atoms with Gasteiger partial charge in [-0.1, -0.05) is 18.2 Å². The number of nitrogens with one attached hydrogen (secondary N) is 2. The fourth-order valence-electron chi connectivity index (χ4n) is 2.59. The quantitative estimate of drug-likeness (QED) is 0.304. The van der Waals surface area contributed by atoms with E-state index in [1.54, 1.807) is 54.9 Å². The molecule has 8 heteroatoms. The molecule has 0 saturated carbocycles. The maximum Gasteiger partial charge on any atom is 0.321 e. The highest BCUT2D eigenvalue weighted by Crippen LogP contribution is 2.33. The van der Waals surface area contributed by atoms with Crippen LogP contribution < -0.4 is 15.6 Å². The summed E-state index contributed by atoms with van der Waals surface area (Å²) >= 11 is 2.02. The monoisotopic (exact) mass is 489 g/mol. The number of aromatic nitrogens is 1. The second-order valence-electron chi connectivity index (χ2n) is 5.77. The molecule has 0 saturated heterocycles. The molecule has 4 aromatic rings. The molecule has 6 nitrogen and oxygen atoms in total. The van der Waals surface area contributed by atoms with Crippen LogP contribution in [0, 0.1) is 9.39 Å². The van der Waals surface area contributed by atoms with Gasteiger partial charge in [-0.25, -0.2) is 4.39 Å². The Kier molecular flexibility index (Phi) is 5.11. The van der Waals surface area contributed by atoms with Gasteiger partial charge in [0.05, 0.1) is 11.1 Å². The maximum absolute atomic E-state index is 14.3. The summed E-state index contributed by atoms with van der Waals surface area (Å²) in [4.78, 5) is 22.0. The number of anilines is 2. The van der Waals surface area contributed by atoms with Crippen LogP contribution >= 0.6 is 22.6 Å². The molecule has 0 radical (unpaired) electrons. The zero-order chi connectivity index (χ0) is 19.5. The summed E-state index contributed by atoms with van der Waals surface area (Å²) in [5.74, 6) is -0.644. The average Bonchev–Trinajstić information content (AvgIpc) is 3.08. The molecular formula is C20H13FIN3O3. The SMILES string of the molecule is O=C(NOc1ccccc1)c1oc2ccncc2c1Nc1ccc(I)cc1F. The summed E-state index contributed by atoms with van der Waals surface area (Å²) < 4.78 is 20.7. The molecule has 0 atom stereocenters. The van der Waals surface area contributed by atoms with Crippen molar-refractivity contribution in [3.63, 3.8) is 0 Å². The van der Waals surface area contributed by atoms with Crippen LogP contribution in [-0.2, 0) is 0 Å². The van der Waals surface area contributed by atoms with Crippen LogP contribution in [-0.4, -0.2) is 10.9 Å². The van der Waals surface area contributed by atoms with Gasteiger partial charge in [0, 0.05) is 16.0 Å². The first kappa shape index (κ1) is 18.2. The smallest absolute Gasteiger partial charge is 0.321 e. The summed E-state index contributed by atoms with van der Waals surface area (Å²) in [6.07, 6.45) is 3.09. The minimum Gasteiger partial charge on any atom is -0.448 e. The molecule has 28 heavy (non-hydrogen) atoms. The number of amides is 1. The normalized spacial score (nSPS) is 10.6. The van der Waals surface area contributed by atoms with Crippen molar-refractivity contribution >= 4 is 50.8 Å². The van der Waals surface area contributed by atoms with Crippen molar-refractivity contribution in [2.24, 2.45) is 0 Å². The molecule has 2 aromatic carbocycles. The molecule has 0 aliphatic heterocycles. The number of nitrogens with zero attached hydrogens (tertiary/aromatic N) is 1. The number of pyridine rings is 1. The van der Waals surface area contributed by atoms with E-state index in [0.717, 1.165) is 3.57 Å². The minimum atomic E-state index is -0.617. The Bertz CT molecular complexity index is 1150. The second kappa shape index (κ2) is 7.85. The number of fused-ring (bicyclic) bond motifs is 1. The molecule has 1 amide bonds. The molecule has 0 spiro atoms. The molecule has 2 heterocycles. The minimum absolute atomic E-state index is 0.0446. The largest absolute Gasteiger partial charge is 0.448 e. The number of carbonyl (C=O) groups is 1. The van der Waals surface area contributed by atoms with Crippen LogP contribution in [0.1, 0.15) is 10.6 Å². The molecule has 2 aromatic heterocycles. The predicted molar refractivity (Wildman–Crippen MR) is 111 cm³/mol. The van der Waals surface area contributed by atoms with Gasteiger partial charge < -0.3 is 14.6 Å². The van der Waals surface area contributed by atoms with Gasteiger partial charge in [-0.15, -0.1) is 0 Å². The summed E-state index contributed by atoms with van der Waals surface area (Å²) in [7, 11) is 0. The fraction of sp³-hybridized carbons (Fsp3) is 0. The summed E-state index contributed by atoms with van der Waals surface area (Å²) in [5.41, 5.74) is 3.29. The standard InChI is InChI=1S/C20H13FIN3O3/c21-15-10-12(22)6-7-16(15)24-18-14-11-23-9-8-17(14)27-19(18)20(26)25-28-13-4-2-1-3-5-13/h1-11,24H,(H,25,26). The Labute approximate surface area is 172 Å². The van der Waals surface area contributed by atoms with Crippen molar-refractivity contribution in [1.82, 2.24) is 10.5 Å². The molecule has 0 aliphatic carbocycles. The van der Waals surface area contributed by atoms with Gasteiger partial charge in [0.25, 0.3) is 0 Å². The Hall–Kier alpha value is -3.14. The lowest BCUT2D eigenvalue weighted by Crippen LogP contribution is -2.27. The number of furan rings is 1. The Morgan fingerprint density at radius 2 is 1.96 bits per heavy atom. The van der Waals surface area contributed by atoms with Crippen molar-refractivity contribution < 1.29 is 18.4 Å². The molecule has 0 bridgehead atoms. The van der Waals surface area contributed by atoms with E-state index in [1.165, 1.54) is 6.07 Å². The Morgan fingerprint density at radius 1 is 1.14 bits per heavy atom. The summed E-state index contributed by atoms with van der Waals surface area (Å²) in [5, 5.41) is 3.49. The van der Waals surface area contributed by atoms with E-state index in [1.807, 2.05) is 28.7 Å². The van der Waals surface area contributed by atoms with E-state index in [2.05, 4.69) is 15.8 Å². The highest BCUT2D eigenvalue weighted by Gasteiger charge is 2.22. The van der Waals surface area contributed by atoms with Crippen molar-refractivity contribution in [1.29, 1.82) is 0 Å². The number of hydrogen-bond acceptors (Lipinski definition) is 5. The molecule has 0 unspecified atom stereocenters. The van der Waals surface area contributed by atoms with Crippen LogP contribution in [0.4, 0.5) is 15.8 Å². The second-order valence-corrected chi connectivity index (χ2v) is 7.02. The van der Waals surface area contributed by atoms with E-state index in [4.69, 9.17) is 9.25 Å². The first-order valence-corrected chi connectivity index (χ1v) is 9.30. The summed E-state index contributed by atoms with van der Waals surface area (Å²) in [6, 6.07) is 15.1. The average molecular weight is 489 g/mol. The van der Waals surface area contributed by atoms with Crippen LogP contribution in [0.2, 0.25) is 0 Å². The first-order chi connectivity index (χ1) is 13.6. The maximum atomic E-state index is 14.3. The molecule has 0 aliphatic rings. The van der Waals surface area contributed by atoms with Crippen LogP contribution in [0.15, 0.2) is 71.4 Å². The van der Waals surface area contributed by atoms with Gasteiger partial charge in [-0.3, -0.25) is 9.78 Å². The van der Waals surface area contributed by atoms with Gasteiger partial charge in [-0.05, 0) is 59.0 Å². The molecular weight excluding hydrogens is 476 g/mol. The third kappa shape index (κ3) is 3.77. The van der Waals surface area contributed by atoms with Gasteiger partial charge >= 0.3 is 5.91 Å². The predicted octanol–water partition coefficient (Wildman–Crippen LogP) is 5.04. The topological polar surface area (TPSA) is 76.4 Å². The van der Waals surface area contributed by atoms with E-state index in [9.17, 15) is 9.18 Å². The lowest BCUT2D eigenvalue weighted by atomic mass is 10.2. The van der Waals surface area contributed by atoms with E-state index in [-0.39, 0.29) is 11.4 Å². The van der Waals surface area contributed by atoms with Gasteiger partial charge in [-0.2, -0.15) is 5.48 Å². The van der Waals surface area contributed by atoms with Gasteiger partial charge in [0.1, 0.15) is 17.1 Å². The highest BCUT2D eigenvalue weighted by molar-refractivity contribution is 14.1. The number of para-hydroxylation sites is 1. The molecule has 2 N–H and O–H groups in total. The van der Waals surface area contributed by atoms with Gasteiger partial charge in [0.15, 0.2) is 5.75 Å². The van der Waals surface area contributed by atoms with E-state index in [0.29, 0.717) is 22.4 Å². The summed E-state index contributed by atoms with van der Waals surface area (Å²) in [6.45, 7) is 0. The van der Waals surface area contributed by atoms with Crippen LogP contribution in [0.25, 0.3) is 11.0 Å².